The summed E-state index contributed by atoms with van der Waals surface area (Å²) < 4.78 is 5.26. The minimum atomic E-state index is -0.137. The summed E-state index contributed by atoms with van der Waals surface area (Å²) in [4.78, 5) is 18.7. The lowest BCUT2D eigenvalue weighted by Gasteiger charge is -2.26. The Hall–Kier alpha value is -2.60. The summed E-state index contributed by atoms with van der Waals surface area (Å²) in [6.07, 6.45) is 4.53. The molecule has 2 N–H and O–H groups in total. The van der Waals surface area contributed by atoms with Gasteiger partial charge in [0.25, 0.3) is 0 Å². The van der Waals surface area contributed by atoms with Gasteiger partial charge in [-0.25, -0.2) is 4.79 Å². The van der Waals surface area contributed by atoms with Crippen LogP contribution in [-0.2, 0) is 0 Å². The highest BCUT2D eigenvalue weighted by atomic mass is 16.5. The Morgan fingerprint density at radius 1 is 1.26 bits per heavy atom. The number of pyridine rings is 1. The highest BCUT2D eigenvalue weighted by Gasteiger charge is 2.33. The van der Waals surface area contributed by atoms with E-state index in [0.29, 0.717) is 18.5 Å². The number of aromatic nitrogens is 1. The van der Waals surface area contributed by atoms with Crippen LogP contribution in [0.4, 0.5) is 4.79 Å². The predicted octanol–water partition coefficient (Wildman–Crippen LogP) is 3.14. The molecule has 2 heterocycles. The zero-order valence-electron chi connectivity index (χ0n) is 16.2. The lowest BCUT2D eigenvalue weighted by atomic mass is 9.93. The molecule has 27 heavy (non-hydrogen) atoms. The minimum Gasteiger partial charge on any atom is -0.497 e. The molecule has 2 aromatic rings. The number of rotatable bonds is 6. The van der Waals surface area contributed by atoms with E-state index in [9.17, 15) is 4.79 Å². The quantitative estimate of drug-likeness (QED) is 0.822. The Morgan fingerprint density at radius 3 is 2.63 bits per heavy atom. The molecule has 0 bridgehead atoms. The molecule has 0 radical (unpaired) electrons. The number of nitrogens with one attached hydrogen (secondary N) is 2. The number of hydrogen-bond acceptors (Lipinski definition) is 4. The van der Waals surface area contributed by atoms with E-state index in [1.165, 1.54) is 5.56 Å². The van der Waals surface area contributed by atoms with Crippen LogP contribution in [-0.4, -0.2) is 43.2 Å². The Bertz CT molecular complexity index is 736. The van der Waals surface area contributed by atoms with E-state index in [4.69, 9.17) is 4.74 Å². The Labute approximate surface area is 160 Å². The van der Waals surface area contributed by atoms with Crippen LogP contribution >= 0.6 is 0 Å². The van der Waals surface area contributed by atoms with Crippen LogP contribution in [0.15, 0.2) is 48.8 Å². The third kappa shape index (κ3) is 4.77. The van der Waals surface area contributed by atoms with E-state index in [-0.39, 0.29) is 12.1 Å². The molecule has 6 heteroatoms. The molecule has 3 unspecified atom stereocenters. The van der Waals surface area contributed by atoms with Gasteiger partial charge in [0.1, 0.15) is 5.75 Å². The van der Waals surface area contributed by atoms with Crippen LogP contribution in [0, 0.1) is 5.92 Å². The van der Waals surface area contributed by atoms with Crippen LogP contribution < -0.4 is 15.4 Å². The van der Waals surface area contributed by atoms with Crippen molar-refractivity contribution in [3.8, 4) is 5.75 Å². The number of likely N-dealkylation sites (tertiary alicyclic amines) is 1. The SMILES string of the molecule is COc1ccc(C2C(CNC(=O)NC(C)c3ccncc3)CCN2C)cc1. The number of methoxy groups -OCH3 is 1. The van der Waals surface area contributed by atoms with Gasteiger partial charge in [0, 0.05) is 25.0 Å². The first-order valence-corrected chi connectivity index (χ1v) is 9.37. The van der Waals surface area contributed by atoms with Gasteiger partial charge in [-0.1, -0.05) is 12.1 Å². The summed E-state index contributed by atoms with van der Waals surface area (Å²) in [5, 5.41) is 6.04. The lowest BCUT2D eigenvalue weighted by molar-refractivity contribution is 0.231. The van der Waals surface area contributed by atoms with E-state index < -0.39 is 0 Å². The number of ether oxygens (including phenoxy) is 1. The molecule has 2 amide bonds. The molecule has 1 aromatic carbocycles. The van der Waals surface area contributed by atoms with Crippen molar-refractivity contribution in [3.63, 3.8) is 0 Å². The first kappa shape index (κ1) is 19.2. The molecule has 1 fully saturated rings. The van der Waals surface area contributed by atoms with Gasteiger partial charge in [-0.2, -0.15) is 0 Å². The molecule has 0 aliphatic carbocycles. The van der Waals surface area contributed by atoms with Crippen LogP contribution in [0.3, 0.4) is 0 Å². The van der Waals surface area contributed by atoms with Gasteiger partial charge in [0.05, 0.1) is 13.2 Å². The second-order valence-corrected chi connectivity index (χ2v) is 7.10. The standard InChI is InChI=1S/C21H28N4O2/c1-15(16-8-11-22-12-9-16)24-21(26)23-14-18-10-13-25(2)20(18)17-4-6-19(27-3)7-5-17/h4-9,11-12,15,18,20H,10,13-14H2,1-3H3,(H2,23,24,26). The molecular weight excluding hydrogens is 340 g/mol. The Kier molecular flexibility index (Phi) is 6.29. The molecule has 144 valence electrons. The molecule has 3 atom stereocenters. The normalized spacial score (nSPS) is 20.9. The van der Waals surface area contributed by atoms with E-state index in [2.05, 4.69) is 39.7 Å². The molecule has 1 aromatic heterocycles. The van der Waals surface area contributed by atoms with E-state index >= 15 is 0 Å². The largest absolute Gasteiger partial charge is 0.497 e. The number of benzene rings is 1. The third-order valence-electron chi connectivity index (χ3n) is 5.31. The Balaban J connectivity index is 1.56. The highest BCUT2D eigenvalue weighted by Crippen LogP contribution is 2.36. The van der Waals surface area contributed by atoms with Crippen molar-refractivity contribution in [1.82, 2.24) is 20.5 Å². The van der Waals surface area contributed by atoms with Crippen molar-refractivity contribution in [3.05, 3.63) is 59.9 Å². The molecule has 1 saturated heterocycles. The number of urea groups is 1. The first-order valence-electron chi connectivity index (χ1n) is 9.37. The van der Waals surface area contributed by atoms with Gasteiger partial charge in [0.15, 0.2) is 0 Å². The topological polar surface area (TPSA) is 66.5 Å². The zero-order valence-corrected chi connectivity index (χ0v) is 16.2. The summed E-state index contributed by atoms with van der Waals surface area (Å²) in [5.74, 6) is 1.24. The van der Waals surface area contributed by atoms with Crippen LogP contribution in [0.1, 0.15) is 36.6 Å². The number of amides is 2. The van der Waals surface area contributed by atoms with E-state index in [0.717, 1.165) is 24.3 Å². The van der Waals surface area contributed by atoms with Crippen molar-refractivity contribution >= 4 is 6.03 Å². The fourth-order valence-electron chi connectivity index (χ4n) is 3.77. The van der Waals surface area contributed by atoms with E-state index in [1.807, 2.05) is 31.2 Å². The Morgan fingerprint density at radius 2 is 1.96 bits per heavy atom. The first-order chi connectivity index (χ1) is 13.1. The second kappa shape index (κ2) is 8.86. The second-order valence-electron chi connectivity index (χ2n) is 7.10. The van der Waals surface area contributed by atoms with Gasteiger partial charge in [0.2, 0.25) is 0 Å². The minimum absolute atomic E-state index is 0.0587. The summed E-state index contributed by atoms with van der Waals surface area (Å²) in [5.41, 5.74) is 2.30. The van der Waals surface area contributed by atoms with Crippen molar-refractivity contribution in [2.24, 2.45) is 5.92 Å². The number of carbonyl (C=O) groups excluding carboxylic acids is 1. The summed E-state index contributed by atoms with van der Waals surface area (Å²) in [7, 11) is 3.81. The summed E-state index contributed by atoms with van der Waals surface area (Å²) in [6.45, 7) is 3.65. The van der Waals surface area contributed by atoms with Crippen molar-refractivity contribution in [2.45, 2.75) is 25.4 Å². The maximum absolute atomic E-state index is 12.3. The molecular formula is C21H28N4O2. The number of nitrogens with zero attached hydrogens (tertiary/aromatic N) is 2. The summed E-state index contributed by atoms with van der Waals surface area (Å²) >= 11 is 0. The van der Waals surface area contributed by atoms with Gasteiger partial charge in [-0.3, -0.25) is 9.88 Å². The van der Waals surface area contributed by atoms with Gasteiger partial charge >= 0.3 is 6.03 Å². The van der Waals surface area contributed by atoms with Crippen LogP contribution in [0.5, 0.6) is 5.75 Å². The molecule has 1 aliphatic rings. The number of carbonyl (C=O) groups is 1. The van der Waals surface area contributed by atoms with Gasteiger partial charge in [-0.15, -0.1) is 0 Å². The van der Waals surface area contributed by atoms with Crippen LogP contribution in [0.2, 0.25) is 0 Å². The average Bonchev–Trinajstić information content (AvgIpc) is 3.07. The molecule has 3 rings (SSSR count). The third-order valence-corrected chi connectivity index (χ3v) is 5.31. The monoisotopic (exact) mass is 368 g/mol. The van der Waals surface area contributed by atoms with Crippen LogP contribution in [0.25, 0.3) is 0 Å². The lowest BCUT2D eigenvalue weighted by Crippen LogP contribution is -2.40. The molecule has 0 saturated carbocycles. The summed E-state index contributed by atoms with van der Waals surface area (Å²) in [6, 6.07) is 12.2. The maximum Gasteiger partial charge on any atom is 0.315 e. The van der Waals surface area contributed by atoms with Crippen molar-refractivity contribution < 1.29 is 9.53 Å². The molecule has 0 spiro atoms. The van der Waals surface area contributed by atoms with Gasteiger partial charge < -0.3 is 15.4 Å². The van der Waals surface area contributed by atoms with Gasteiger partial charge in [-0.05, 0) is 68.2 Å². The zero-order chi connectivity index (χ0) is 19.2. The fourth-order valence-corrected chi connectivity index (χ4v) is 3.77. The fraction of sp³-hybridized carbons (Fsp3) is 0.429. The smallest absolute Gasteiger partial charge is 0.315 e. The highest BCUT2D eigenvalue weighted by molar-refractivity contribution is 5.74. The molecule has 1 aliphatic heterocycles. The molecule has 6 nitrogen and oxygen atoms in total. The van der Waals surface area contributed by atoms with E-state index in [1.54, 1.807) is 19.5 Å². The predicted molar refractivity (Wildman–Crippen MR) is 106 cm³/mol. The average molecular weight is 368 g/mol. The maximum atomic E-state index is 12.3. The van der Waals surface area contributed by atoms with Crippen molar-refractivity contribution in [2.75, 3.05) is 27.2 Å². The number of hydrogen-bond donors (Lipinski definition) is 2. The van der Waals surface area contributed by atoms with Crippen molar-refractivity contribution in [1.29, 1.82) is 0 Å².